The van der Waals surface area contributed by atoms with Crippen molar-refractivity contribution in [3.05, 3.63) is 0 Å². The molecule has 0 fully saturated rings. The number of ether oxygens (including phenoxy) is 3. The van der Waals surface area contributed by atoms with Gasteiger partial charge in [0.05, 0.1) is 13.2 Å². The number of hydrogen-bond acceptors (Lipinski definition) is 4. The lowest BCUT2D eigenvalue weighted by Crippen LogP contribution is -2.23. The fraction of sp³-hybridized carbons (Fsp3) is 0.625. The van der Waals surface area contributed by atoms with Gasteiger partial charge in [0.1, 0.15) is 6.61 Å². The van der Waals surface area contributed by atoms with Crippen LogP contribution in [0.25, 0.3) is 0 Å². The van der Waals surface area contributed by atoms with E-state index < -0.39 is 12.4 Å². The molecule has 5 nitrogen and oxygen atoms in total. The van der Waals surface area contributed by atoms with Crippen molar-refractivity contribution in [3.8, 4) is 12.3 Å². The van der Waals surface area contributed by atoms with Crippen molar-refractivity contribution in [1.82, 2.24) is 0 Å². The summed E-state index contributed by atoms with van der Waals surface area (Å²) in [6.07, 6.45) is 3.41. The number of carbonyl (C=O) groups is 1. The number of amides is 1. The fourth-order valence-electron chi connectivity index (χ4n) is 0.602. The molecule has 74 valence electrons. The Bertz CT molecular complexity index is 187. The Balaban J connectivity index is 3.22. The average Bonchev–Trinajstić information content (AvgIpc) is 2.02. The molecule has 0 aromatic heterocycles. The molecule has 0 spiro atoms. The van der Waals surface area contributed by atoms with Crippen LogP contribution in [0.1, 0.15) is 6.92 Å². The second-order valence-corrected chi connectivity index (χ2v) is 2.13. The topological polar surface area (TPSA) is 70.8 Å². The van der Waals surface area contributed by atoms with E-state index >= 15 is 0 Å². The Labute approximate surface area is 77.1 Å². The fourth-order valence-corrected chi connectivity index (χ4v) is 0.602. The summed E-state index contributed by atoms with van der Waals surface area (Å²) >= 11 is 0. The van der Waals surface area contributed by atoms with Crippen LogP contribution in [0, 0.1) is 12.3 Å². The molecule has 13 heavy (non-hydrogen) atoms. The van der Waals surface area contributed by atoms with Crippen molar-refractivity contribution in [2.75, 3.05) is 19.8 Å². The molecule has 0 saturated carbocycles. The summed E-state index contributed by atoms with van der Waals surface area (Å²) in [6.45, 7) is 2.47. The number of nitrogens with two attached hydrogens (primary N) is 1. The molecule has 0 bridgehead atoms. The number of primary amides is 1. The number of terminal acetylenes is 1. The molecule has 0 rings (SSSR count). The second kappa shape index (κ2) is 7.40. The van der Waals surface area contributed by atoms with E-state index in [0.717, 1.165) is 0 Å². The predicted octanol–water partition coefficient (Wildman–Crippen LogP) is 0.0941. The summed E-state index contributed by atoms with van der Waals surface area (Å²) in [6, 6.07) is 0. The highest BCUT2D eigenvalue weighted by molar-refractivity contribution is 5.64. The molecule has 1 atom stereocenters. The molecule has 1 amide bonds. The maximum Gasteiger partial charge on any atom is 0.406 e. The van der Waals surface area contributed by atoms with E-state index in [1.807, 2.05) is 0 Å². The van der Waals surface area contributed by atoms with Gasteiger partial charge in [0, 0.05) is 0 Å². The summed E-state index contributed by atoms with van der Waals surface area (Å²) in [5, 5.41) is 0. The van der Waals surface area contributed by atoms with Gasteiger partial charge in [-0.05, 0) is 6.92 Å². The van der Waals surface area contributed by atoms with E-state index in [1.54, 1.807) is 6.92 Å². The average molecular weight is 187 g/mol. The monoisotopic (exact) mass is 187 g/mol. The van der Waals surface area contributed by atoms with Crippen LogP contribution in [0.5, 0.6) is 0 Å². The first-order valence-electron chi connectivity index (χ1n) is 3.75. The highest BCUT2D eigenvalue weighted by Crippen LogP contribution is 1.92. The molecule has 0 aromatic rings. The van der Waals surface area contributed by atoms with E-state index in [-0.39, 0.29) is 6.61 Å². The van der Waals surface area contributed by atoms with Gasteiger partial charge in [-0.2, -0.15) is 0 Å². The lowest BCUT2D eigenvalue weighted by Gasteiger charge is -2.11. The van der Waals surface area contributed by atoms with E-state index in [0.29, 0.717) is 13.2 Å². The highest BCUT2D eigenvalue weighted by atomic mass is 16.7. The molecule has 0 aliphatic carbocycles. The summed E-state index contributed by atoms with van der Waals surface area (Å²) in [5.41, 5.74) is 4.75. The SMILES string of the molecule is C#CCOCCOC(C)OC(N)=O. The van der Waals surface area contributed by atoms with Crippen LogP contribution in [0.3, 0.4) is 0 Å². The molecule has 0 radical (unpaired) electrons. The molecular formula is C8H13NO4. The minimum atomic E-state index is -0.864. The minimum Gasteiger partial charge on any atom is -0.420 e. The molecule has 5 heteroatoms. The lowest BCUT2D eigenvalue weighted by atomic mass is 10.7. The summed E-state index contributed by atoms with van der Waals surface area (Å²) in [5.74, 6) is 2.30. The summed E-state index contributed by atoms with van der Waals surface area (Å²) < 4.78 is 14.4. The first-order valence-corrected chi connectivity index (χ1v) is 3.75. The Morgan fingerprint density at radius 2 is 2.31 bits per heavy atom. The lowest BCUT2D eigenvalue weighted by molar-refractivity contribution is -0.100. The van der Waals surface area contributed by atoms with Gasteiger partial charge >= 0.3 is 6.09 Å². The quantitative estimate of drug-likeness (QED) is 0.363. The third-order valence-electron chi connectivity index (χ3n) is 1.05. The van der Waals surface area contributed by atoms with Crippen LogP contribution in [-0.2, 0) is 14.2 Å². The standard InChI is InChI=1S/C8H13NO4/c1-3-4-11-5-6-12-7(2)13-8(9)10/h1,7H,4-6H2,2H3,(H2,9,10). The van der Waals surface area contributed by atoms with Crippen LogP contribution in [0.4, 0.5) is 4.79 Å². The van der Waals surface area contributed by atoms with Crippen molar-refractivity contribution >= 4 is 6.09 Å². The molecule has 0 heterocycles. The van der Waals surface area contributed by atoms with Crippen LogP contribution < -0.4 is 5.73 Å². The maximum atomic E-state index is 10.2. The molecule has 1 unspecified atom stereocenters. The Morgan fingerprint density at radius 3 is 2.85 bits per heavy atom. The molecule has 2 N–H and O–H groups in total. The van der Waals surface area contributed by atoms with Gasteiger partial charge in [-0.15, -0.1) is 6.42 Å². The van der Waals surface area contributed by atoms with Crippen LogP contribution in [0.15, 0.2) is 0 Å². The van der Waals surface area contributed by atoms with E-state index in [4.69, 9.17) is 21.6 Å². The van der Waals surface area contributed by atoms with Crippen LogP contribution in [-0.4, -0.2) is 32.2 Å². The van der Waals surface area contributed by atoms with E-state index in [9.17, 15) is 4.79 Å². The van der Waals surface area contributed by atoms with E-state index in [1.165, 1.54) is 0 Å². The van der Waals surface area contributed by atoms with Gasteiger partial charge in [-0.3, -0.25) is 0 Å². The Kier molecular flexibility index (Phi) is 6.69. The van der Waals surface area contributed by atoms with Crippen LogP contribution in [0.2, 0.25) is 0 Å². The zero-order valence-corrected chi connectivity index (χ0v) is 7.49. The molecule has 0 saturated heterocycles. The van der Waals surface area contributed by atoms with Gasteiger partial charge in [0.2, 0.25) is 6.29 Å². The second-order valence-electron chi connectivity index (χ2n) is 2.13. The Hall–Kier alpha value is -1.25. The van der Waals surface area contributed by atoms with Gasteiger partial charge in [0.15, 0.2) is 0 Å². The largest absolute Gasteiger partial charge is 0.420 e. The Morgan fingerprint density at radius 1 is 1.62 bits per heavy atom. The molecule has 0 aliphatic rings. The van der Waals surface area contributed by atoms with E-state index in [2.05, 4.69) is 10.7 Å². The highest BCUT2D eigenvalue weighted by Gasteiger charge is 2.04. The van der Waals surface area contributed by atoms with Crippen molar-refractivity contribution < 1.29 is 19.0 Å². The van der Waals surface area contributed by atoms with Gasteiger partial charge in [-0.1, -0.05) is 5.92 Å². The zero-order chi connectivity index (χ0) is 10.1. The third kappa shape index (κ3) is 8.66. The number of rotatable bonds is 6. The first kappa shape index (κ1) is 11.8. The smallest absolute Gasteiger partial charge is 0.406 e. The molecule has 0 aromatic carbocycles. The predicted molar refractivity (Wildman–Crippen MR) is 45.7 cm³/mol. The molecular weight excluding hydrogens is 174 g/mol. The number of hydrogen-bond donors (Lipinski definition) is 1. The van der Waals surface area contributed by atoms with Gasteiger partial charge in [-0.25, -0.2) is 4.79 Å². The third-order valence-corrected chi connectivity index (χ3v) is 1.05. The normalized spacial score (nSPS) is 11.7. The van der Waals surface area contributed by atoms with Crippen molar-refractivity contribution in [2.45, 2.75) is 13.2 Å². The van der Waals surface area contributed by atoms with Crippen molar-refractivity contribution in [2.24, 2.45) is 5.73 Å². The molecule has 0 aliphatic heterocycles. The maximum absolute atomic E-state index is 10.2. The summed E-state index contributed by atoms with van der Waals surface area (Å²) in [7, 11) is 0. The van der Waals surface area contributed by atoms with Gasteiger partial charge in [0.25, 0.3) is 0 Å². The summed E-state index contributed by atoms with van der Waals surface area (Å²) in [4.78, 5) is 10.2. The number of carbonyl (C=O) groups excluding carboxylic acids is 1. The van der Waals surface area contributed by atoms with Gasteiger partial charge < -0.3 is 19.9 Å². The zero-order valence-electron chi connectivity index (χ0n) is 7.49. The minimum absolute atomic E-state index is 0.244. The van der Waals surface area contributed by atoms with Crippen molar-refractivity contribution in [3.63, 3.8) is 0 Å². The van der Waals surface area contributed by atoms with Crippen molar-refractivity contribution in [1.29, 1.82) is 0 Å². The van der Waals surface area contributed by atoms with Crippen LogP contribution >= 0.6 is 0 Å². The first-order chi connectivity index (χ1) is 6.16.